The molecule has 0 aliphatic heterocycles. The zero-order chi connectivity index (χ0) is 11.3. The van der Waals surface area contributed by atoms with Crippen LogP contribution >= 0.6 is 0 Å². The average Bonchev–Trinajstić information content (AvgIpc) is 2.87. The van der Waals surface area contributed by atoms with Crippen molar-refractivity contribution >= 4 is 10.2 Å². The molecule has 7 heteroatoms. The van der Waals surface area contributed by atoms with Crippen LogP contribution in [0.4, 0.5) is 0 Å². The third kappa shape index (κ3) is 6.06. The van der Waals surface area contributed by atoms with Gasteiger partial charge >= 0.3 is 0 Å². The Bertz CT molecular complexity index is 276. The van der Waals surface area contributed by atoms with Gasteiger partial charge in [-0.15, -0.1) is 0 Å². The van der Waals surface area contributed by atoms with Gasteiger partial charge in [0.25, 0.3) is 10.2 Å². The van der Waals surface area contributed by atoms with Crippen molar-refractivity contribution in [2.45, 2.75) is 31.4 Å². The number of aliphatic hydroxyl groups excluding tert-OH is 1. The first-order valence-electron chi connectivity index (χ1n) is 4.97. The van der Waals surface area contributed by atoms with E-state index in [4.69, 9.17) is 4.74 Å². The molecule has 0 amide bonds. The van der Waals surface area contributed by atoms with E-state index in [0.29, 0.717) is 6.42 Å². The Labute approximate surface area is 90.2 Å². The Hall–Kier alpha value is -0.210. The topological polar surface area (TPSA) is 87.7 Å². The molecule has 6 nitrogen and oxygen atoms in total. The molecule has 1 unspecified atom stereocenters. The van der Waals surface area contributed by atoms with Crippen LogP contribution in [-0.2, 0) is 14.9 Å². The van der Waals surface area contributed by atoms with Gasteiger partial charge in [0.15, 0.2) is 0 Å². The predicted molar refractivity (Wildman–Crippen MR) is 55.6 cm³/mol. The summed E-state index contributed by atoms with van der Waals surface area (Å²) in [5, 5.41) is 9.26. The van der Waals surface area contributed by atoms with Crippen LogP contribution in [0.3, 0.4) is 0 Å². The van der Waals surface area contributed by atoms with E-state index >= 15 is 0 Å². The molecule has 90 valence electrons. The summed E-state index contributed by atoms with van der Waals surface area (Å²) in [6.07, 6.45) is 1.54. The maximum atomic E-state index is 11.3. The number of hydrogen-bond donors (Lipinski definition) is 3. The first kappa shape index (κ1) is 12.9. The van der Waals surface area contributed by atoms with E-state index in [1.807, 2.05) is 0 Å². The standard InChI is InChI=1S/C8H18N2O4S/c1-14-6-8(11)4-5-9-15(12,13)10-7-2-3-7/h7-11H,2-6H2,1H3. The molecular weight excluding hydrogens is 220 g/mol. The fourth-order valence-corrected chi connectivity index (χ4v) is 2.24. The van der Waals surface area contributed by atoms with Crippen molar-refractivity contribution in [1.29, 1.82) is 0 Å². The van der Waals surface area contributed by atoms with Gasteiger partial charge in [-0.1, -0.05) is 0 Å². The number of hydrogen-bond acceptors (Lipinski definition) is 4. The first-order valence-corrected chi connectivity index (χ1v) is 6.46. The van der Waals surface area contributed by atoms with Crippen LogP contribution < -0.4 is 9.44 Å². The lowest BCUT2D eigenvalue weighted by atomic mass is 10.3. The van der Waals surface area contributed by atoms with E-state index in [0.717, 1.165) is 12.8 Å². The zero-order valence-electron chi connectivity index (χ0n) is 8.77. The number of rotatable bonds is 8. The first-order chi connectivity index (χ1) is 7.03. The van der Waals surface area contributed by atoms with Gasteiger partial charge in [0, 0.05) is 19.7 Å². The molecule has 1 fully saturated rings. The van der Waals surface area contributed by atoms with E-state index in [9.17, 15) is 13.5 Å². The molecule has 1 aliphatic carbocycles. The zero-order valence-corrected chi connectivity index (χ0v) is 9.59. The lowest BCUT2D eigenvalue weighted by Crippen LogP contribution is -2.39. The summed E-state index contributed by atoms with van der Waals surface area (Å²) in [5.74, 6) is 0. The molecule has 0 spiro atoms. The second-order valence-corrected chi connectivity index (χ2v) is 5.22. The van der Waals surface area contributed by atoms with Gasteiger partial charge in [-0.2, -0.15) is 13.1 Å². The van der Waals surface area contributed by atoms with Crippen molar-refractivity contribution in [3.63, 3.8) is 0 Å². The molecule has 0 aromatic rings. The molecule has 15 heavy (non-hydrogen) atoms. The molecule has 1 saturated carbocycles. The van der Waals surface area contributed by atoms with Gasteiger partial charge in [0.1, 0.15) is 0 Å². The van der Waals surface area contributed by atoms with Gasteiger partial charge in [0.05, 0.1) is 12.7 Å². The third-order valence-corrected chi connectivity index (χ3v) is 3.26. The Balaban J connectivity index is 2.12. The van der Waals surface area contributed by atoms with E-state index in [-0.39, 0.29) is 19.2 Å². The second-order valence-electron chi connectivity index (χ2n) is 3.69. The third-order valence-electron chi connectivity index (χ3n) is 2.03. The number of ether oxygens (including phenoxy) is 1. The van der Waals surface area contributed by atoms with Crippen LogP contribution in [0.25, 0.3) is 0 Å². The molecule has 0 heterocycles. The quantitative estimate of drug-likeness (QED) is 0.504. The molecule has 0 aromatic carbocycles. The maximum Gasteiger partial charge on any atom is 0.277 e. The molecule has 1 rings (SSSR count). The van der Waals surface area contributed by atoms with Crippen molar-refractivity contribution in [2.24, 2.45) is 0 Å². The summed E-state index contributed by atoms with van der Waals surface area (Å²) < 4.78 is 32.1. The lowest BCUT2D eigenvalue weighted by Gasteiger charge is -2.10. The van der Waals surface area contributed by atoms with Crippen molar-refractivity contribution < 1.29 is 18.3 Å². The fraction of sp³-hybridized carbons (Fsp3) is 1.00. The minimum atomic E-state index is -3.38. The van der Waals surface area contributed by atoms with Crippen molar-refractivity contribution in [2.75, 3.05) is 20.3 Å². The molecule has 3 N–H and O–H groups in total. The molecule has 0 aromatic heterocycles. The van der Waals surface area contributed by atoms with E-state index in [2.05, 4.69) is 9.44 Å². The summed E-state index contributed by atoms with van der Waals surface area (Å²) in [5.41, 5.74) is 0. The van der Waals surface area contributed by atoms with Gasteiger partial charge < -0.3 is 9.84 Å². The summed E-state index contributed by atoms with van der Waals surface area (Å²) >= 11 is 0. The predicted octanol–water partition coefficient (Wildman–Crippen LogP) is -1.03. The van der Waals surface area contributed by atoms with E-state index < -0.39 is 16.3 Å². The minimum absolute atomic E-state index is 0.103. The van der Waals surface area contributed by atoms with Crippen LogP contribution in [0.15, 0.2) is 0 Å². The van der Waals surface area contributed by atoms with E-state index in [1.165, 1.54) is 7.11 Å². The molecular formula is C8H18N2O4S. The maximum absolute atomic E-state index is 11.3. The largest absolute Gasteiger partial charge is 0.391 e. The van der Waals surface area contributed by atoms with Gasteiger partial charge in [-0.05, 0) is 19.3 Å². The SMILES string of the molecule is COCC(O)CCNS(=O)(=O)NC1CC1. The molecule has 0 bridgehead atoms. The monoisotopic (exact) mass is 238 g/mol. The fourth-order valence-electron chi connectivity index (χ4n) is 1.10. The van der Waals surface area contributed by atoms with Gasteiger partial charge in [-0.25, -0.2) is 4.72 Å². The highest BCUT2D eigenvalue weighted by molar-refractivity contribution is 7.87. The van der Waals surface area contributed by atoms with Crippen molar-refractivity contribution in [3.05, 3.63) is 0 Å². The van der Waals surface area contributed by atoms with Crippen molar-refractivity contribution in [3.8, 4) is 0 Å². The lowest BCUT2D eigenvalue weighted by molar-refractivity contribution is 0.0603. The van der Waals surface area contributed by atoms with Crippen molar-refractivity contribution in [1.82, 2.24) is 9.44 Å². The Kier molecular flexibility index (Phi) is 4.94. The molecule has 0 saturated heterocycles. The highest BCUT2D eigenvalue weighted by Crippen LogP contribution is 2.19. The number of aliphatic hydroxyl groups is 1. The summed E-state index contributed by atoms with van der Waals surface area (Å²) in [6, 6.07) is 0.103. The van der Waals surface area contributed by atoms with E-state index in [1.54, 1.807) is 0 Å². The van der Waals surface area contributed by atoms with Crippen LogP contribution in [0, 0.1) is 0 Å². The molecule has 1 atom stereocenters. The van der Waals surface area contributed by atoms with Gasteiger partial charge in [-0.3, -0.25) is 0 Å². The minimum Gasteiger partial charge on any atom is -0.391 e. The van der Waals surface area contributed by atoms with Crippen LogP contribution in [-0.4, -0.2) is 45.9 Å². The van der Waals surface area contributed by atoms with Crippen LogP contribution in [0.2, 0.25) is 0 Å². The second kappa shape index (κ2) is 5.76. The summed E-state index contributed by atoms with van der Waals surface area (Å²) in [4.78, 5) is 0. The Morgan fingerprint density at radius 1 is 1.53 bits per heavy atom. The highest BCUT2D eigenvalue weighted by atomic mass is 32.2. The van der Waals surface area contributed by atoms with Gasteiger partial charge in [0.2, 0.25) is 0 Å². The highest BCUT2D eigenvalue weighted by Gasteiger charge is 2.26. The normalized spacial score (nSPS) is 19.1. The number of methoxy groups -OCH3 is 1. The Morgan fingerprint density at radius 3 is 2.73 bits per heavy atom. The molecule has 1 aliphatic rings. The average molecular weight is 238 g/mol. The summed E-state index contributed by atoms with van der Waals surface area (Å²) in [7, 11) is -1.89. The van der Waals surface area contributed by atoms with Crippen LogP contribution in [0.1, 0.15) is 19.3 Å². The number of nitrogens with one attached hydrogen (secondary N) is 2. The smallest absolute Gasteiger partial charge is 0.277 e. The molecule has 0 radical (unpaired) electrons. The summed E-state index contributed by atoms with van der Waals surface area (Å²) in [6.45, 7) is 0.435. The Morgan fingerprint density at radius 2 is 2.20 bits per heavy atom. The van der Waals surface area contributed by atoms with Crippen LogP contribution in [0.5, 0.6) is 0 Å².